The molecule has 1 aromatic carbocycles. The van der Waals surface area contributed by atoms with Gasteiger partial charge in [0.2, 0.25) is 0 Å². The van der Waals surface area contributed by atoms with E-state index in [2.05, 4.69) is 20.5 Å². The fourth-order valence-electron chi connectivity index (χ4n) is 2.62. The third-order valence-electron chi connectivity index (χ3n) is 4.04. The first-order chi connectivity index (χ1) is 12.6. The lowest BCUT2D eigenvalue weighted by molar-refractivity contribution is 0.0398. The van der Waals surface area contributed by atoms with Crippen LogP contribution in [0.25, 0.3) is 0 Å². The van der Waals surface area contributed by atoms with Crippen molar-refractivity contribution in [1.29, 1.82) is 0 Å². The van der Waals surface area contributed by atoms with Gasteiger partial charge in [0, 0.05) is 44.0 Å². The van der Waals surface area contributed by atoms with Crippen molar-refractivity contribution in [2.75, 3.05) is 50.0 Å². The SMILES string of the molecule is O=C(Nc1ccc(F)cc1F)c1ccnc(NCCN2CCOCC2)c1. The van der Waals surface area contributed by atoms with Crippen molar-refractivity contribution in [2.45, 2.75) is 0 Å². The number of amides is 1. The Morgan fingerprint density at radius 1 is 1.19 bits per heavy atom. The molecule has 2 N–H and O–H groups in total. The summed E-state index contributed by atoms with van der Waals surface area (Å²) in [6.07, 6.45) is 1.51. The van der Waals surface area contributed by atoms with Crippen LogP contribution in [0.1, 0.15) is 10.4 Å². The first kappa shape index (κ1) is 18.2. The third-order valence-corrected chi connectivity index (χ3v) is 4.04. The number of hydrogen-bond acceptors (Lipinski definition) is 5. The molecule has 1 amide bonds. The second kappa shape index (κ2) is 8.68. The highest BCUT2D eigenvalue weighted by molar-refractivity contribution is 6.04. The number of anilines is 2. The lowest BCUT2D eigenvalue weighted by Gasteiger charge is -2.26. The van der Waals surface area contributed by atoms with Crippen molar-refractivity contribution >= 4 is 17.4 Å². The topological polar surface area (TPSA) is 66.5 Å². The van der Waals surface area contributed by atoms with Gasteiger partial charge in [0.1, 0.15) is 17.5 Å². The number of carbonyl (C=O) groups is 1. The summed E-state index contributed by atoms with van der Waals surface area (Å²) in [6, 6.07) is 6.12. The standard InChI is InChI=1S/C18H20F2N4O2/c19-14-1-2-16(15(20)12-14)23-18(25)13-3-4-21-17(11-13)22-5-6-24-7-9-26-10-8-24/h1-4,11-12H,5-10H2,(H,21,22)(H,23,25). The Bertz CT molecular complexity index is 767. The van der Waals surface area contributed by atoms with E-state index in [1.54, 1.807) is 6.07 Å². The van der Waals surface area contributed by atoms with E-state index < -0.39 is 17.5 Å². The molecule has 3 rings (SSSR count). The Hall–Kier alpha value is -2.58. The van der Waals surface area contributed by atoms with Crippen molar-refractivity contribution in [2.24, 2.45) is 0 Å². The van der Waals surface area contributed by atoms with Crippen molar-refractivity contribution < 1.29 is 18.3 Å². The predicted molar refractivity (Wildman–Crippen MR) is 94.3 cm³/mol. The van der Waals surface area contributed by atoms with E-state index in [-0.39, 0.29) is 5.69 Å². The maximum Gasteiger partial charge on any atom is 0.255 e. The number of nitrogens with zero attached hydrogens (tertiary/aromatic N) is 2. The zero-order valence-electron chi connectivity index (χ0n) is 14.2. The lowest BCUT2D eigenvalue weighted by Crippen LogP contribution is -2.39. The van der Waals surface area contributed by atoms with Gasteiger partial charge in [-0.25, -0.2) is 13.8 Å². The molecule has 26 heavy (non-hydrogen) atoms. The molecule has 0 aliphatic carbocycles. The first-order valence-electron chi connectivity index (χ1n) is 8.38. The fraction of sp³-hybridized carbons (Fsp3) is 0.333. The van der Waals surface area contributed by atoms with Crippen LogP contribution < -0.4 is 10.6 Å². The van der Waals surface area contributed by atoms with Gasteiger partial charge < -0.3 is 15.4 Å². The Balaban J connectivity index is 1.56. The Morgan fingerprint density at radius 3 is 2.77 bits per heavy atom. The molecule has 0 unspecified atom stereocenters. The molecular formula is C18H20F2N4O2. The number of nitrogens with one attached hydrogen (secondary N) is 2. The van der Waals surface area contributed by atoms with Crippen molar-refractivity contribution in [3.8, 4) is 0 Å². The van der Waals surface area contributed by atoms with E-state index >= 15 is 0 Å². The zero-order chi connectivity index (χ0) is 18.4. The summed E-state index contributed by atoms with van der Waals surface area (Å²) in [5.41, 5.74) is 0.257. The van der Waals surface area contributed by atoms with Gasteiger partial charge in [-0.05, 0) is 24.3 Å². The van der Waals surface area contributed by atoms with Crippen LogP contribution in [0.5, 0.6) is 0 Å². The number of hydrogen-bond donors (Lipinski definition) is 2. The summed E-state index contributed by atoms with van der Waals surface area (Å²) >= 11 is 0. The smallest absolute Gasteiger partial charge is 0.255 e. The Labute approximate surface area is 150 Å². The molecule has 8 heteroatoms. The molecule has 6 nitrogen and oxygen atoms in total. The molecule has 1 saturated heterocycles. The molecule has 1 fully saturated rings. The van der Waals surface area contributed by atoms with Gasteiger partial charge in [-0.1, -0.05) is 0 Å². The van der Waals surface area contributed by atoms with Crippen LogP contribution in [0.15, 0.2) is 36.5 Å². The van der Waals surface area contributed by atoms with E-state index in [0.29, 0.717) is 17.9 Å². The maximum atomic E-state index is 13.7. The highest BCUT2D eigenvalue weighted by Gasteiger charge is 2.12. The molecule has 0 saturated carbocycles. The summed E-state index contributed by atoms with van der Waals surface area (Å²) in [5.74, 6) is -1.45. The average molecular weight is 362 g/mol. The molecular weight excluding hydrogens is 342 g/mol. The molecule has 0 spiro atoms. The van der Waals surface area contributed by atoms with Crippen LogP contribution in [-0.4, -0.2) is 55.2 Å². The number of halogens is 2. The summed E-state index contributed by atoms with van der Waals surface area (Å²) in [4.78, 5) is 18.7. The number of rotatable bonds is 6. The fourth-order valence-corrected chi connectivity index (χ4v) is 2.62. The number of pyridine rings is 1. The van der Waals surface area contributed by atoms with Crippen LogP contribution >= 0.6 is 0 Å². The molecule has 0 atom stereocenters. The number of aromatic nitrogens is 1. The van der Waals surface area contributed by atoms with Crippen molar-refractivity contribution in [1.82, 2.24) is 9.88 Å². The Kier molecular flexibility index (Phi) is 6.08. The number of ether oxygens (including phenoxy) is 1. The molecule has 1 aromatic heterocycles. The van der Waals surface area contributed by atoms with Gasteiger partial charge in [-0.15, -0.1) is 0 Å². The van der Waals surface area contributed by atoms with Crippen LogP contribution in [0.4, 0.5) is 20.3 Å². The third kappa shape index (κ3) is 4.96. The second-order valence-electron chi connectivity index (χ2n) is 5.89. The summed E-state index contributed by atoms with van der Waals surface area (Å²) in [7, 11) is 0. The van der Waals surface area contributed by atoms with Gasteiger partial charge in [-0.2, -0.15) is 0 Å². The summed E-state index contributed by atoms with van der Waals surface area (Å²) in [6.45, 7) is 4.83. The second-order valence-corrected chi connectivity index (χ2v) is 5.89. The lowest BCUT2D eigenvalue weighted by atomic mass is 10.2. The van der Waals surface area contributed by atoms with Crippen LogP contribution in [0.3, 0.4) is 0 Å². The minimum atomic E-state index is -0.823. The van der Waals surface area contributed by atoms with Gasteiger partial charge in [0.15, 0.2) is 0 Å². The van der Waals surface area contributed by atoms with E-state index in [9.17, 15) is 13.6 Å². The quantitative estimate of drug-likeness (QED) is 0.826. The first-order valence-corrected chi connectivity index (χ1v) is 8.38. The minimum Gasteiger partial charge on any atom is -0.379 e. The van der Waals surface area contributed by atoms with E-state index in [1.807, 2.05) is 0 Å². The Morgan fingerprint density at radius 2 is 2.00 bits per heavy atom. The van der Waals surface area contributed by atoms with Gasteiger partial charge in [0.05, 0.1) is 18.9 Å². The normalized spacial score (nSPS) is 14.8. The number of carbonyl (C=O) groups excluding carboxylic acids is 1. The monoisotopic (exact) mass is 362 g/mol. The highest BCUT2D eigenvalue weighted by atomic mass is 19.1. The molecule has 0 radical (unpaired) electrons. The van der Waals surface area contributed by atoms with E-state index in [4.69, 9.17) is 4.74 Å². The van der Waals surface area contributed by atoms with Gasteiger partial charge >= 0.3 is 0 Å². The molecule has 2 aromatic rings. The van der Waals surface area contributed by atoms with Gasteiger partial charge in [-0.3, -0.25) is 9.69 Å². The molecule has 2 heterocycles. The van der Waals surface area contributed by atoms with Crippen molar-refractivity contribution in [3.05, 3.63) is 53.7 Å². The summed E-state index contributed by atoms with van der Waals surface area (Å²) in [5, 5.41) is 5.60. The van der Waals surface area contributed by atoms with E-state index in [0.717, 1.165) is 45.0 Å². The minimum absolute atomic E-state index is 0.0740. The largest absolute Gasteiger partial charge is 0.379 e. The predicted octanol–water partition coefficient (Wildman–Crippen LogP) is 2.36. The average Bonchev–Trinajstić information content (AvgIpc) is 2.65. The van der Waals surface area contributed by atoms with Crippen LogP contribution in [0, 0.1) is 11.6 Å². The zero-order valence-corrected chi connectivity index (χ0v) is 14.2. The van der Waals surface area contributed by atoms with Crippen LogP contribution in [-0.2, 0) is 4.74 Å². The van der Waals surface area contributed by atoms with Crippen LogP contribution in [0.2, 0.25) is 0 Å². The molecule has 1 aliphatic heterocycles. The van der Waals surface area contributed by atoms with E-state index in [1.165, 1.54) is 18.3 Å². The molecule has 1 aliphatic rings. The summed E-state index contributed by atoms with van der Waals surface area (Å²) < 4.78 is 31.9. The van der Waals surface area contributed by atoms with Crippen molar-refractivity contribution in [3.63, 3.8) is 0 Å². The number of morpholine rings is 1. The highest BCUT2D eigenvalue weighted by Crippen LogP contribution is 2.16. The van der Waals surface area contributed by atoms with Gasteiger partial charge in [0.25, 0.3) is 5.91 Å². The number of benzene rings is 1. The molecule has 138 valence electrons. The molecule has 0 bridgehead atoms. The maximum absolute atomic E-state index is 13.7.